The van der Waals surface area contributed by atoms with E-state index in [1.807, 2.05) is 0 Å². The number of rotatable bonds is 0. The minimum atomic E-state index is -1.50. The third kappa shape index (κ3) is 10.9. The van der Waals surface area contributed by atoms with Gasteiger partial charge in [-0.25, -0.2) is 0 Å². The van der Waals surface area contributed by atoms with E-state index in [4.69, 9.17) is 0 Å². The van der Waals surface area contributed by atoms with E-state index >= 15 is 0 Å². The first-order chi connectivity index (χ1) is 3.92. The summed E-state index contributed by atoms with van der Waals surface area (Å²) in [5.74, 6) is 0. The molecule has 0 N–H and O–H groups in total. The molecule has 0 saturated carbocycles. The number of carbonyl (C=O) groups is 1. The van der Waals surface area contributed by atoms with Gasteiger partial charge < -0.3 is 9.90 Å². The number of hydrogen-bond acceptors (Lipinski definition) is 3. The largest absolute Gasteiger partial charge is 1.00 e. The summed E-state index contributed by atoms with van der Waals surface area (Å²) in [6.45, 7) is 5.25. The van der Waals surface area contributed by atoms with Crippen LogP contribution in [0.15, 0.2) is 10.2 Å². The second kappa shape index (κ2) is 4.82. The molecule has 0 unspecified atom stereocenters. The van der Waals surface area contributed by atoms with Crippen LogP contribution in [-0.4, -0.2) is 11.6 Å². The van der Waals surface area contributed by atoms with Gasteiger partial charge >= 0.3 is 29.6 Å². The van der Waals surface area contributed by atoms with Crippen molar-refractivity contribution in [3.8, 4) is 0 Å². The Hall–Kier alpha value is 0.0700. The Labute approximate surface area is 82.0 Å². The first-order valence-corrected chi connectivity index (χ1v) is 2.56. The molecule has 10 heavy (non-hydrogen) atoms. The molecule has 52 valence electrons. The number of carbonyl (C=O) groups excluding carboxylic acids is 1. The van der Waals surface area contributed by atoms with E-state index in [0.29, 0.717) is 0 Å². The van der Waals surface area contributed by atoms with Gasteiger partial charge in [-0.1, -0.05) is 0 Å². The average molecular weight is 152 g/mol. The fourth-order valence-electron chi connectivity index (χ4n) is 0.191. The monoisotopic (exact) mass is 152 g/mol. The normalized spacial score (nSPS) is 11.1. The number of amides is 1. The summed E-state index contributed by atoms with van der Waals surface area (Å²) in [5, 5.41) is 15.9. The van der Waals surface area contributed by atoms with Gasteiger partial charge in [0, 0.05) is 0 Å². The Kier molecular flexibility index (Phi) is 6.13. The summed E-state index contributed by atoms with van der Waals surface area (Å²) in [5.41, 5.74) is -0.430. The van der Waals surface area contributed by atoms with Gasteiger partial charge in [0.25, 0.3) is 0 Å². The van der Waals surface area contributed by atoms with Gasteiger partial charge in [0.2, 0.25) is 0 Å². The SMILES string of the molecule is CC(C)(C)N=NC(=O)[O-].[Na+]. The van der Waals surface area contributed by atoms with Crippen LogP contribution in [0.3, 0.4) is 0 Å². The van der Waals surface area contributed by atoms with Gasteiger partial charge in [0.05, 0.1) is 5.54 Å². The Bertz CT molecular complexity index is 139. The molecule has 0 aromatic rings. The first-order valence-electron chi connectivity index (χ1n) is 2.56. The predicted octanol–water partition coefficient (Wildman–Crippen LogP) is -2.42. The third-order valence-electron chi connectivity index (χ3n) is 0.432. The molecule has 0 saturated heterocycles. The number of hydrogen-bond donors (Lipinski definition) is 0. The van der Waals surface area contributed by atoms with Crippen LogP contribution < -0.4 is 34.7 Å². The van der Waals surface area contributed by atoms with Gasteiger partial charge in [-0.2, -0.15) is 5.11 Å². The number of nitrogens with zero attached hydrogens (tertiary/aromatic N) is 2. The molecule has 0 bridgehead atoms. The molecule has 4 nitrogen and oxygen atoms in total. The standard InChI is InChI=1S/C5H10N2O2.Na/c1-5(2,3)7-6-4(8)9;/h1-3H3,(H,8,9);/q;+1/p-1. The zero-order valence-electron chi connectivity index (χ0n) is 6.71. The molecule has 0 fully saturated rings. The Morgan fingerprint density at radius 1 is 1.40 bits per heavy atom. The van der Waals surface area contributed by atoms with Crippen molar-refractivity contribution in [2.24, 2.45) is 10.2 Å². The second-order valence-electron chi connectivity index (χ2n) is 2.64. The van der Waals surface area contributed by atoms with Crippen LogP contribution in [0.5, 0.6) is 0 Å². The van der Waals surface area contributed by atoms with Crippen molar-refractivity contribution in [2.45, 2.75) is 26.3 Å². The van der Waals surface area contributed by atoms with E-state index in [1.54, 1.807) is 20.8 Å². The molecule has 0 aliphatic carbocycles. The molecule has 0 heterocycles. The molecular formula is C5H9N2NaO2. The fourth-order valence-corrected chi connectivity index (χ4v) is 0.191. The van der Waals surface area contributed by atoms with Crippen molar-refractivity contribution in [3.63, 3.8) is 0 Å². The van der Waals surface area contributed by atoms with Gasteiger partial charge in [-0.3, -0.25) is 0 Å². The van der Waals surface area contributed by atoms with E-state index in [1.165, 1.54) is 0 Å². The van der Waals surface area contributed by atoms with Crippen LogP contribution in [0.1, 0.15) is 20.8 Å². The maximum atomic E-state index is 9.67. The van der Waals surface area contributed by atoms with Crippen molar-refractivity contribution < 1.29 is 39.5 Å². The molecule has 0 aromatic carbocycles. The molecule has 0 aliphatic heterocycles. The molecule has 0 rings (SSSR count). The molecule has 1 amide bonds. The molecule has 5 heteroatoms. The summed E-state index contributed by atoms with van der Waals surface area (Å²) in [6, 6.07) is 0. The van der Waals surface area contributed by atoms with Gasteiger partial charge in [-0.05, 0) is 20.8 Å². The zero-order valence-corrected chi connectivity index (χ0v) is 8.71. The van der Waals surface area contributed by atoms with Crippen LogP contribution >= 0.6 is 0 Å². The first kappa shape index (κ1) is 12.7. The predicted molar refractivity (Wildman–Crippen MR) is 30.0 cm³/mol. The van der Waals surface area contributed by atoms with Crippen molar-refractivity contribution in [3.05, 3.63) is 0 Å². The van der Waals surface area contributed by atoms with Crippen molar-refractivity contribution in [2.75, 3.05) is 0 Å². The van der Waals surface area contributed by atoms with Gasteiger partial charge in [0.1, 0.15) is 0 Å². The summed E-state index contributed by atoms with van der Waals surface area (Å²) in [6.07, 6.45) is -1.50. The maximum absolute atomic E-state index is 9.67. The van der Waals surface area contributed by atoms with Crippen LogP contribution in [0.2, 0.25) is 0 Å². The van der Waals surface area contributed by atoms with Gasteiger partial charge in [-0.15, -0.1) is 5.11 Å². The van der Waals surface area contributed by atoms with Crippen LogP contribution in [0, 0.1) is 0 Å². The maximum Gasteiger partial charge on any atom is 1.00 e. The minimum absolute atomic E-state index is 0. The molecule has 0 aliphatic rings. The smallest absolute Gasteiger partial charge is 0.527 e. The van der Waals surface area contributed by atoms with E-state index in [-0.39, 0.29) is 29.6 Å². The summed E-state index contributed by atoms with van der Waals surface area (Å²) in [7, 11) is 0. The minimum Gasteiger partial charge on any atom is -0.527 e. The van der Waals surface area contributed by atoms with E-state index in [2.05, 4.69) is 10.2 Å². The Morgan fingerprint density at radius 3 is 1.90 bits per heavy atom. The fraction of sp³-hybridized carbons (Fsp3) is 0.800. The molecule has 0 atom stereocenters. The summed E-state index contributed by atoms with van der Waals surface area (Å²) in [4.78, 5) is 9.67. The molecule has 0 aromatic heterocycles. The topological polar surface area (TPSA) is 64.8 Å². The zero-order chi connectivity index (χ0) is 7.49. The van der Waals surface area contributed by atoms with E-state index in [9.17, 15) is 9.90 Å². The van der Waals surface area contributed by atoms with Crippen molar-refractivity contribution >= 4 is 6.09 Å². The second-order valence-corrected chi connectivity index (χ2v) is 2.64. The summed E-state index contributed by atoms with van der Waals surface area (Å²) >= 11 is 0. The van der Waals surface area contributed by atoms with Crippen molar-refractivity contribution in [1.82, 2.24) is 0 Å². The quantitative estimate of drug-likeness (QED) is 0.286. The number of carboxylic acid groups (broad SMARTS) is 1. The Balaban J connectivity index is 0. The average Bonchev–Trinajstić information content (AvgIpc) is 1.59. The summed E-state index contributed by atoms with van der Waals surface area (Å²) < 4.78 is 0. The molecule has 0 spiro atoms. The third-order valence-corrected chi connectivity index (χ3v) is 0.432. The Morgan fingerprint density at radius 2 is 1.80 bits per heavy atom. The van der Waals surface area contributed by atoms with E-state index < -0.39 is 11.6 Å². The van der Waals surface area contributed by atoms with Crippen LogP contribution in [-0.2, 0) is 0 Å². The molecular weight excluding hydrogens is 143 g/mol. The molecule has 0 radical (unpaired) electrons. The van der Waals surface area contributed by atoms with E-state index in [0.717, 1.165) is 0 Å². The van der Waals surface area contributed by atoms with Crippen LogP contribution in [0.25, 0.3) is 0 Å². The van der Waals surface area contributed by atoms with Crippen molar-refractivity contribution in [1.29, 1.82) is 0 Å². The van der Waals surface area contributed by atoms with Crippen LogP contribution in [0.4, 0.5) is 4.79 Å². The van der Waals surface area contributed by atoms with Gasteiger partial charge in [0.15, 0.2) is 6.09 Å². The number of azo groups is 1.